The maximum absolute atomic E-state index is 6.72. The first kappa shape index (κ1) is 35.9. The van der Waals surface area contributed by atoms with Crippen LogP contribution in [0.5, 0.6) is 0 Å². The van der Waals surface area contributed by atoms with Gasteiger partial charge in [-0.15, -0.1) is 27.7 Å². The summed E-state index contributed by atoms with van der Waals surface area (Å²) in [7, 11) is 45.3. The number of fused-ring (bicyclic) bond motifs is 3. The van der Waals surface area contributed by atoms with E-state index in [1.165, 1.54) is 11.3 Å². The Labute approximate surface area is 338 Å². The molecule has 0 aliphatic heterocycles. The van der Waals surface area contributed by atoms with Crippen molar-refractivity contribution in [3.05, 3.63) is 133 Å². The molecule has 14 radical (unpaired) electrons. The Morgan fingerprint density at radius 1 is 0.304 bits per heavy atom. The van der Waals surface area contributed by atoms with Crippen molar-refractivity contribution in [3.63, 3.8) is 0 Å². The fourth-order valence-corrected chi connectivity index (χ4v) is 8.52. The van der Waals surface area contributed by atoms with Crippen LogP contribution in [0.25, 0.3) is 87.7 Å². The van der Waals surface area contributed by atoms with Gasteiger partial charge in [0.2, 0.25) is 0 Å². The molecule has 9 aromatic rings. The Balaban J connectivity index is 1.18. The van der Waals surface area contributed by atoms with Crippen LogP contribution in [0.3, 0.4) is 0 Å². The van der Waals surface area contributed by atoms with E-state index in [-0.39, 0.29) is 16.4 Å². The lowest BCUT2D eigenvalue weighted by Gasteiger charge is -2.18. The Morgan fingerprint density at radius 3 is 1.27 bits per heavy atom. The molecule has 0 unspecified atom stereocenters. The molecule has 244 valence electrons. The van der Waals surface area contributed by atoms with Gasteiger partial charge >= 0.3 is 0 Å². The maximum Gasteiger partial charge on any atom is 0.164 e. The number of rotatable bonds is 6. The lowest BCUT2D eigenvalue weighted by atomic mass is 9.64. The van der Waals surface area contributed by atoms with Crippen LogP contribution < -0.4 is 38.2 Å². The van der Waals surface area contributed by atoms with Gasteiger partial charge in [0.1, 0.15) is 54.9 Å². The highest BCUT2D eigenvalue weighted by molar-refractivity contribution is 7.28. The summed E-state index contributed by atoms with van der Waals surface area (Å²) >= 11 is 1.39. The molecule has 3 nitrogen and oxygen atoms in total. The Kier molecular flexibility index (Phi) is 9.22. The van der Waals surface area contributed by atoms with Crippen molar-refractivity contribution in [2.45, 2.75) is 0 Å². The molecule has 0 saturated heterocycles. The third-order valence-electron chi connectivity index (χ3n) is 10.2. The highest BCUT2D eigenvalue weighted by Crippen LogP contribution is 2.37. The van der Waals surface area contributed by atoms with Gasteiger partial charge < -0.3 is 0 Å². The minimum atomic E-state index is 0.199. The number of hydrogen-bond acceptors (Lipinski definition) is 4. The van der Waals surface area contributed by atoms with E-state index in [0.29, 0.717) is 60.4 Å². The smallest absolute Gasteiger partial charge is 0.164 e. The highest BCUT2D eigenvalue weighted by atomic mass is 32.1. The fourth-order valence-electron chi connectivity index (χ4n) is 7.14. The van der Waals surface area contributed by atoms with Crippen molar-refractivity contribution in [1.29, 1.82) is 0 Å². The zero-order chi connectivity index (χ0) is 38.7. The molecule has 0 bridgehead atoms. The van der Waals surface area contributed by atoms with E-state index < -0.39 is 0 Å². The van der Waals surface area contributed by atoms with Gasteiger partial charge in [0.25, 0.3) is 0 Å². The number of hydrogen-bond donors (Lipinski definition) is 0. The van der Waals surface area contributed by atoms with Crippen molar-refractivity contribution < 1.29 is 0 Å². The number of thiophene rings is 1. The predicted molar refractivity (Wildman–Crippen MR) is 243 cm³/mol. The average molecular weight is 712 g/mol. The third-order valence-corrected chi connectivity index (χ3v) is 11.4. The van der Waals surface area contributed by atoms with Gasteiger partial charge in [-0.3, -0.25) is 0 Å². The summed E-state index contributed by atoms with van der Waals surface area (Å²) < 4.78 is 1.43. The van der Waals surface area contributed by atoms with Gasteiger partial charge in [-0.1, -0.05) is 149 Å². The molecule has 0 aliphatic rings. The molecule has 0 amide bonds. The van der Waals surface area contributed by atoms with Gasteiger partial charge in [0.05, 0.1) is 0 Å². The first-order chi connectivity index (χ1) is 27.2. The maximum atomic E-state index is 6.72. The van der Waals surface area contributed by atoms with Crippen LogP contribution in [-0.4, -0.2) is 69.9 Å². The van der Waals surface area contributed by atoms with E-state index in [1.807, 2.05) is 84.9 Å². The molecule has 0 atom stereocenters. The van der Waals surface area contributed by atoms with Crippen molar-refractivity contribution in [3.8, 4) is 67.5 Å². The largest absolute Gasteiger partial charge is 0.208 e. The molecule has 0 aliphatic carbocycles. The quantitative estimate of drug-likeness (QED) is 0.247. The van der Waals surface area contributed by atoms with Crippen LogP contribution >= 0.6 is 11.3 Å². The molecule has 0 fully saturated rings. The first-order valence-corrected chi connectivity index (χ1v) is 18.6. The first-order valence-electron chi connectivity index (χ1n) is 17.8. The molecule has 2 aromatic heterocycles. The lowest BCUT2D eigenvalue weighted by molar-refractivity contribution is 1.07. The van der Waals surface area contributed by atoms with E-state index >= 15 is 0 Å². The second-order valence-corrected chi connectivity index (χ2v) is 14.6. The van der Waals surface area contributed by atoms with Crippen molar-refractivity contribution in [1.82, 2.24) is 15.0 Å². The van der Waals surface area contributed by atoms with Crippen LogP contribution in [0.15, 0.2) is 133 Å². The molecule has 7 aromatic carbocycles. The van der Waals surface area contributed by atoms with Crippen LogP contribution in [0, 0.1) is 0 Å². The average Bonchev–Trinajstić information content (AvgIpc) is 3.65. The van der Waals surface area contributed by atoms with Gasteiger partial charge in [0.15, 0.2) is 17.5 Å². The number of aromatic nitrogens is 3. The molecule has 56 heavy (non-hydrogen) atoms. The van der Waals surface area contributed by atoms with Crippen LogP contribution in [0.1, 0.15) is 0 Å². The fraction of sp³-hybridized carbons (Fsp3) is 0. The third kappa shape index (κ3) is 6.15. The number of benzene rings is 7. The molecule has 0 N–H and O–H groups in total. The van der Waals surface area contributed by atoms with Crippen LogP contribution in [0.2, 0.25) is 0 Å². The van der Waals surface area contributed by atoms with Crippen molar-refractivity contribution >= 4 is 125 Å². The Morgan fingerprint density at radius 2 is 0.696 bits per heavy atom. The molecular formula is C45H22B7N3S. The van der Waals surface area contributed by atoms with E-state index in [2.05, 4.69) is 48.5 Å². The molecule has 2 heterocycles. The summed E-state index contributed by atoms with van der Waals surface area (Å²) in [4.78, 5) is 15.0. The second-order valence-electron chi connectivity index (χ2n) is 13.6. The van der Waals surface area contributed by atoms with E-state index in [0.717, 1.165) is 49.2 Å². The number of nitrogens with zero attached hydrogens (tertiary/aromatic N) is 3. The summed E-state index contributed by atoms with van der Waals surface area (Å²) in [6.45, 7) is 0. The zero-order valence-corrected chi connectivity index (χ0v) is 30.8. The monoisotopic (exact) mass is 713 g/mol. The van der Waals surface area contributed by atoms with E-state index in [4.69, 9.17) is 69.9 Å². The predicted octanol–water partition coefficient (Wildman–Crippen LogP) is 3.80. The van der Waals surface area contributed by atoms with Gasteiger partial charge in [0, 0.05) is 26.1 Å². The molecule has 9 rings (SSSR count). The molecule has 0 spiro atoms. The minimum Gasteiger partial charge on any atom is -0.208 e. The highest BCUT2D eigenvalue weighted by Gasteiger charge is 2.21. The minimum absolute atomic E-state index is 0.199. The normalized spacial score (nSPS) is 11.4. The molecule has 0 saturated carbocycles. The zero-order valence-electron chi connectivity index (χ0n) is 30.0. The van der Waals surface area contributed by atoms with Crippen LogP contribution in [-0.2, 0) is 0 Å². The molecule has 11 heteroatoms. The SMILES string of the molecule is [B]c1c([B])c([B])c2c(sc3c(-c4ccc(-c5nc(-c6ccc(-c7ccccc7)cc6)nc(-c6cccc(-c7ccccc7)c6)n5)cc4)c([B])c([B])c([B])c32)c1[B]. The molecular weight excluding hydrogens is 690 g/mol. The summed E-state index contributed by atoms with van der Waals surface area (Å²) in [6.07, 6.45) is 0. The van der Waals surface area contributed by atoms with E-state index in [9.17, 15) is 0 Å². The van der Waals surface area contributed by atoms with Crippen molar-refractivity contribution in [2.75, 3.05) is 0 Å². The lowest BCUT2D eigenvalue weighted by Crippen LogP contribution is -2.47. The summed E-state index contributed by atoms with van der Waals surface area (Å²) in [5.41, 5.74) is 10.3. The van der Waals surface area contributed by atoms with Crippen LogP contribution in [0.4, 0.5) is 0 Å². The Bertz CT molecular complexity index is 2970. The van der Waals surface area contributed by atoms with Gasteiger partial charge in [-0.05, 0) is 50.2 Å². The second kappa shape index (κ2) is 14.4. The standard InChI is InChI=1S/C45H22B7N3S/c46-34-31(41-32(35(47)37(34)49)33-36(48)38(50)39(51)40(52)42(33)56-41)26-16-20-28(21-17-26)44-53-43(27-18-14-25(15-19-27)23-8-3-1-4-9-23)54-45(55-44)30-13-7-12-29(22-30)24-10-5-2-6-11-24/h1-22H. The summed E-state index contributed by atoms with van der Waals surface area (Å²) in [6, 6.07) is 44.8. The van der Waals surface area contributed by atoms with Crippen molar-refractivity contribution in [2.24, 2.45) is 0 Å². The Hall–Kier alpha value is -5.78. The van der Waals surface area contributed by atoms with E-state index in [1.54, 1.807) is 0 Å². The summed E-state index contributed by atoms with van der Waals surface area (Å²) in [5.74, 6) is 1.61. The van der Waals surface area contributed by atoms with Gasteiger partial charge in [-0.2, -0.15) is 0 Å². The summed E-state index contributed by atoms with van der Waals surface area (Å²) in [5, 5.41) is 1.24. The topological polar surface area (TPSA) is 38.7 Å². The van der Waals surface area contributed by atoms with Gasteiger partial charge in [-0.25, -0.2) is 15.0 Å².